The molecule has 2 rings (SSSR count). The van der Waals surface area contributed by atoms with Gasteiger partial charge in [-0.05, 0) is 31.5 Å². The number of benzene rings is 1. The molecule has 2 N–H and O–H groups in total. The molecule has 18 heavy (non-hydrogen) atoms. The van der Waals surface area contributed by atoms with Gasteiger partial charge in [-0.1, -0.05) is 18.2 Å². The quantitative estimate of drug-likeness (QED) is 0.730. The highest BCUT2D eigenvalue weighted by molar-refractivity contribution is 5.77. The summed E-state index contributed by atoms with van der Waals surface area (Å²) < 4.78 is 0. The monoisotopic (exact) mass is 247 g/mol. The maximum Gasteiger partial charge on any atom is 0.233 e. The number of hydrogen-bond donors (Lipinski definition) is 2. The molecule has 1 amide bonds. The molecule has 0 saturated carbocycles. The van der Waals surface area contributed by atoms with E-state index < -0.39 is 0 Å². The summed E-state index contributed by atoms with van der Waals surface area (Å²) >= 11 is 0. The van der Waals surface area contributed by atoms with Crippen molar-refractivity contribution in [1.29, 1.82) is 0 Å². The molecule has 1 heterocycles. The lowest BCUT2D eigenvalue weighted by molar-refractivity contribution is -0.120. The zero-order valence-corrected chi connectivity index (χ0v) is 10.9. The number of rotatable bonds is 6. The van der Waals surface area contributed by atoms with Gasteiger partial charge in [-0.3, -0.25) is 4.79 Å². The van der Waals surface area contributed by atoms with Crippen LogP contribution < -0.4 is 15.5 Å². The number of hydrogen-bond acceptors (Lipinski definition) is 3. The predicted molar refractivity (Wildman–Crippen MR) is 73.9 cm³/mol. The predicted octanol–water partition coefficient (Wildman–Crippen LogP) is 0.775. The number of likely N-dealkylation sites (N-methyl/N-ethyl adjacent to an activating group) is 1. The van der Waals surface area contributed by atoms with Crippen LogP contribution in [0.15, 0.2) is 24.3 Å². The minimum atomic E-state index is 0.0688. The topological polar surface area (TPSA) is 44.4 Å². The van der Waals surface area contributed by atoms with Crippen molar-refractivity contribution in [2.45, 2.75) is 12.8 Å². The highest BCUT2D eigenvalue weighted by atomic mass is 16.1. The van der Waals surface area contributed by atoms with Crippen molar-refractivity contribution < 1.29 is 4.79 Å². The third-order valence-electron chi connectivity index (χ3n) is 3.25. The van der Waals surface area contributed by atoms with Gasteiger partial charge in [0.2, 0.25) is 5.91 Å². The molecule has 0 fully saturated rings. The van der Waals surface area contributed by atoms with Gasteiger partial charge >= 0.3 is 0 Å². The van der Waals surface area contributed by atoms with E-state index in [-0.39, 0.29) is 5.91 Å². The van der Waals surface area contributed by atoms with E-state index in [0.29, 0.717) is 6.54 Å². The van der Waals surface area contributed by atoms with Crippen LogP contribution in [0.3, 0.4) is 0 Å². The van der Waals surface area contributed by atoms with Crippen LogP contribution in [0.2, 0.25) is 0 Å². The molecular weight excluding hydrogens is 226 g/mol. The molecule has 4 heteroatoms. The molecule has 1 aromatic rings. The van der Waals surface area contributed by atoms with Crippen molar-refractivity contribution in [2.24, 2.45) is 0 Å². The average molecular weight is 247 g/mol. The van der Waals surface area contributed by atoms with E-state index in [4.69, 9.17) is 0 Å². The summed E-state index contributed by atoms with van der Waals surface area (Å²) in [5, 5.41) is 5.74. The van der Waals surface area contributed by atoms with Crippen molar-refractivity contribution in [3.05, 3.63) is 29.8 Å². The number of fused-ring (bicyclic) bond motifs is 1. The first kappa shape index (κ1) is 12.9. The Hall–Kier alpha value is -1.55. The zero-order chi connectivity index (χ0) is 12.8. The van der Waals surface area contributed by atoms with Crippen molar-refractivity contribution in [1.82, 2.24) is 10.6 Å². The third kappa shape index (κ3) is 3.23. The Morgan fingerprint density at radius 2 is 2.22 bits per heavy atom. The van der Waals surface area contributed by atoms with E-state index >= 15 is 0 Å². The first-order valence-electron chi connectivity index (χ1n) is 6.55. The fourth-order valence-electron chi connectivity index (χ4n) is 2.36. The van der Waals surface area contributed by atoms with Crippen LogP contribution >= 0.6 is 0 Å². The van der Waals surface area contributed by atoms with Gasteiger partial charge < -0.3 is 15.5 Å². The van der Waals surface area contributed by atoms with E-state index in [1.54, 1.807) is 7.05 Å². The van der Waals surface area contributed by atoms with Gasteiger partial charge in [0.05, 0.1) is 6.54 Å². The Balaban J connectivity index is 1.71. The summed E-state index contributed by atoms with van der Waals surface area (Å²) in [5.41, 5.74) is 2.80. The molecule has 0 bridgehead atoms. The van der Waals surface area contributed by atoms with E-state index in [0.717, 1.165) is 32.5 Å². The SMILES string of the molecule is CNCC(=O)NCCCN1CCc2ccccc21. The molecule has 0 spiro atoms. The Labute approximate surface area is 108 Å². The Bertz CT molecular complexity index is 406. The fraction of sp³-hybridized carbons (Fsp3) is 0.500. The number of carbonyl (C=O) groups is 1. The first-order valence-corrected chi connectivity index (χ1v) is 6.55. The second-order valence-corrected chi connectivity index (χ2v) is 4.60. The number of para-hydroxylation sites is 1. The van der Waals surface area contributed by atoms with Crippen molar-refractivity contribution in [3.8, 4) is 0 Å². The van der Waals surface area contributed by atoms with E-state index in [1.807, 2.05) is 0 Å². The first-order chi connectivity index (χ1) is 8.81. The van der Waals surface area contributed by atoms with Crippen LogP contribution in [-0.4, -0.2) is 39.1 Å². The summed E-state index contributed by atoms with van der Waals surface area (Å²) in [6, 6.07) is 8.57. The molecular formula is C14H21N3O. The van der Waals surface area contributed by atoms with Crippen molar-refractivity contribution in [2.75, 3.05) is 38.1 Å². The molecule has 98 valence electrons. The second-order valence-electron chi connectivity index (χ2n) is 4.60. The second kappa shape index (κ2) is 6.40. The molecule has 0 atom stereocenters. The van der Waals surface area contributed by atoms with E-state index in [1.165, 1.54) is 11.3 Å². The van der Waals surface area contributed by atoms with Crippen LogP contribution in [0.4, 0.5) is 5.69 Å². The Kier molecular flexibility index (Phi) is 4.59. The van der Waals surface area contributed by atoms with Gasteiger partial charge in [0.1, 0.15) is 0 Å². The lowest BCUT2D eigenvalue weighted by atomic mass is 10.2. The van der Waals surface area contributed by atoms with Gasteiger partial charge in [-0.2, -0.15) is 0 Å². The van der Waals surface area contributed by atoms with Crippen LogP contribution in [0.25, 0.3) is 0 Å². The summed E-state index contributed by atoms with van der Waals surface area (Å²) in [5.74, 6) is 0.0688. The lowest BCUT2D eigenvalue weighted by Gasteiger charge is -2.19. The largest absolute Gasteiger partial charge is 0.371 e. The molecule has 4 nitrogen and oxygen atoms in total. The van der Waals surface area contributed by atoms with E-state index in [2.05, 4.69) is 39.8 Å². The van der Waals surface area contributed by atoms with Gasteiger partial charge in [-0.25, -0.2) is 0 Å². The highest BCUT2D eigenvalue weighted by Gasteiger charge is 2.17. The normalized spacial score (nSPS) is 13.5. The number of carbonyl (C=O) groups excluding carboxylic acids is 1. The third-order valence-corrected chi connectivity index (χ3v) is 3.25. The van der Waals surface area contributed by atoms with E-state index in [9.17, 15) is 4.79 Å². The number of amides is 1. The number of anilines is 1. The lowest BCUT2D eigenvalue weighted by Crippen LogP contribution is -2.34. The summed E-state index contributed by atoms with van der Waals surface area (Å²) in [6.45, 7) is 3.26. The molecule has 0 radical (unpaired) electrons. The van der Waals surface area contributed by atoms with Crippen LogP contribution in [0.5, 0.6) is 0 Å². The minimum Gasteiger partial charge on any atom is -0.371 e. The number of nitrogens with zero attached hydrogens (tertiary/aromatic N) is 1. The smallest absolute Gasteiger partial charge is 0.233 e. The van der Waals surface area contributed by atoms with Crippen molar-refractivity contribution in [3.63, 3.8) is 0 Å². The molecule has 1 aromatic carbocycles. The molecule has 0 aromatic heterocycles. The average Bonchev–Trinajstić information content (AvgIpc) is 2.78. The maximum atomic E-state index is 11.3. The van der Waals surface area contributed by atoms with Crippen LogP contribution in [0.1, 0.15) is 12.0 Å². The number of nitrogens with one attached hydrogen (secondary N) is 2. The molecule has 1 aliphatic rings. The summed E-state index contributed by atoms with van der Waals surface area (Å²) in [7, 11) is 1.78. The van der Waals surface area contributed by atoms with Gasteiger partial charge in [0.15, 0.2) is 0 Å². The molecule has 1 aliphatic heterocycles. The molecule has 0 aliphatic carbocycles. The standard InChI is InChI=1S/C14H21N3O/c1-15-11-14(18)16-8-4-9-17-10-7-12-5-2-3-6-13(12)17/h2-3,5-6,15H,4,7-11H2,1H3,(H,16,18). The van der Waals surface area contributed by atoms with Gasteiger partial charge in [0, 0.05) is 25.3 Å². The Morgan fingerprint density at radius 1 is 1.39 bits per heavy atom. The summed E-state index contributed by atoms with van der Waals surface area (Å²) in [4.78, 5) is 13.7. The van der Waals surface area contributed by atoms with Crippen LogP contribution in [0, 0.1) is 0 Å². The highest BCUT2D eigenvalue weighted by Crippen LogP contribution is 2.26. The van der Waals surface area contributed by atoms with Crippen LogP contribution in [-0.2, 0) is 11.2 Å². The summed E-state index contributed by atoms with van der Waals surface area (Å²) in [6.07, 6.45) is 2.13. The Morgan fingerprint density at radius 3 is 3.06 bits per heavy atom. The van der Waals surface area contributed by atoms with Gasteiger partial charge in [0.25, 0.3) is 0 Å². The fourth-order valence-corrected chi connectivity index (χ4v) is 2.36. The van der Waals surface area contributed by atoms with Gasteiger partial charge in [-0.15, -0.1) is 0 Å². The van der Waals surface area contributed by atoms with Crippen molar-refractivity contribution >= 4 is 11.6 Å². The maximum absolute atomic E-state index is 11.3. The molecule has 0 unspecified atom stereocenters. The minimum absolute atomic E-state index is 0.0688. The molecule has 0 saturated heterocycles. The zero-order valence-electron chi connectivity index (χ0n) is 10.9.